The molecule has 168 valence electrons. The minimum Gasteiger partial charge on any atom is -0.367 e. The Balaban J connectivity index is 1.19. The first kappa shape index (κ1) is 20.4. The van der Waals surface area contributed by atoms with Gasteiger partial charge in [0.1, 0.15) is 11.6 Å². The van der Waals surface area contributed by atoms with E-state index in [9.17, 15) is 4.79 Å². The number of rotatable bonds is 6. The highest BCUT2D eigenvalue weighted by molar-refractivity contribution is 7.12. The number of nitrogens with one attached hydrogen (secondary N) is 2. The van der Waals surface area contributed by atoms with Crippen LogP contribution in [0.4, 0.5) is 5.82 Å². The zero-order valence-corrected chi connectivity index (χ0v) is 19.1. The molecule has 8 heteroatoms. The van der Waals surface area contributed by atoms with Gasteiger partial charge in [0.25, 0.3) is 5.91 Å². The fraction of sp³-hybridized carbons (Fsp3) is 0.360. The van der Waals surface area contributed by atoms with Gasteiger partial charge in [-0.2, -0.15) is 5.10 Å². The minimum absolute atomic E-state index is 0.0429. The number of anilines is 1. The Hall–Kier alpha value is -3.26. The van der Waals surface area contributed by atoms with E-state index in [-0.39, 0.29) is 11.9 Å². The molecule has 0 unspecified atom stereocenters. The third kappa shape index (κ3) is 4.23. The van der Waals surface area contributed by atoms with Crippen LogP contribution in [0.25, 0.3) is 16.7 Å². The molecular formula is C25H26N6OS. The Labute approximate surface area is 196 Å². The van der Waals surface area contributed by atoms with Crippen molar-refractivity contribution in [2.75, 3.05) is 5.32 Å². The zero-order chi connectivity index (χ0) is 22.2. The van der Waals surface area contributed by atoms with Crippen molar-refractivity contribution in [2.24, 2.45) is 0 Å². The molecule has 0 radical (unpaired) electrons. The lowest BCUT2D eigenvalue weighted by molar-refractivity contribution is 0.0930. The van der Waals surface area contributed by atoms with E-state index in [2.05, 4.69) is 15.7 Å². The summed E-state index contributed by atoms with van der Waals surface area (Å²) in [7, 11) is 0. The zero-order valence-electron chi connectivity index (χ0n) is 18.3. The first-order chi connectivity index (χ1) is 16.2. The number of hydrogen-bond acceptors (Lipinski definition) is 6. The van der Waals surface area contributed by atoms with Gasteiger partial charge in [-0.25, -0.2) is 14.6 Å². The second-order valence-corrected chi connectivity index (χ2v) is 9.93. The maximum atomic E-state index is 12.4. The van der Waals surface area contributed by atoms with Crippen LogP contribution >= 0.6 is 11.3 Å². The van der Waals surface area contributed by atoms with Gasteiger partial charge in [0.15, 0.2) is 5.65 Å². The summed E-state index contributed by atoms with van der Waals surface area (Å²) in [4.78, 5) is 23.0. The molecular weight excluding hydrogens is 432 g/mol. The number of carbonyl (C=O) groups is 1. The molecule has 0 bridgehead atoms. The molecule has 33 heavy (non-hydrogen) atoms. The molecule has 0 atom stereocenters. The molecule has 2 aliphatic rings. The molecule has 1 amide bonds. The molecule has 0 aliphatic heterocycles. The molecule has 7 nitrogen and oxygen atoms in total. The van der Waals surface area contributed by atoms with E-state index in [0.29, 0.717) is 12.0 Å². The Morgan fingerprint density at radius 3 is 2.45 bits per heavy atom. The summed E-state index contributed by atoms with van der Waals surface area (Å²) >= 11 is 1.49. The van der Waals surface area contributed by atoms with Gasteiger partial charge in [-0.15, -0.1) is 11.3 Å². The van der Waals surface area contributed by atoms with E-state index in [4.69, 9.17) is 9.97 Å². The molecule has 2 N–H and O–H groups in total. The number of thiophene rings is 1. The average molecular weight is 459 g/mol. The molecule has 6 rings (SSSR count). The van der Waals surface area contributed by atoms with Crippen LogP contribution in [0.1, 0.15) is 59.9 Å². The number of para-hydroxylation sites is 1. The summed E-state index contributed by atoms with van der Waals surface area (Å²) in [5.74, 6) is 2.30. The molecule has 1 aromatic carbocycles. The van der Waals surface area contributed by atoms with Crippen LogP contribution in [0.3, 0.4) is 0 Å². The van der Waals surface area contributed by atoms with Gasteiger partial charge < -0.3 is 10.6 Å². The summed E-state index contributed by atoms with van der Waals surface area (Å²) in [6.07, 6.45) is 8.08. The summed E-state index contributed by atoms with van der Waals surface area (Å²) < 4.78 is 1.91. The second-order valence-electron chi connectivity index (χ2n) is 8.98. The molecule has 4 aromatic rings. The van der Waals surface area contributed by atoms with Crippen LogP contribution in [0, 0.1) is 0 Å². The monoisotopic (exact) mass is 458 g/mol. The van der Waals surface area contributed by atoms with Gasteiger partial charge in [-0.05, 0) is 62.1 Å². The molecule has 2 aliphatic carbocycles. The van der Waals surface area contributed by atoms with E-state index in [1.54, 1.807) is 0 Å². The maximum Gasteiger partial charge on any atom is 0.261 e. The standard InChI is InChI=1S/C25H26N6OS/c32-25(21-7-4-14-33-21)28-18-12-10-17(11-13-18)27-23-20-15-26-31(19-5-2-1-3-6-19)24(20)30-22(29-23)16-8-9-16/h1-7,14-18H,8-13H2,(H,28,32)(H,27,29,30). The smallest absolute Gasteiger partial charge is 0.261 e. The van der Waals surface area contributed by atoms with Crippen molar-refractivity contribution in [1.82, 2.24) is 25.1 Å². The van der Waals surface area contributed by atoms with Crippen molar-refractivity contribution < 1.29 is 4.79 Å². The first-order valence-electron chi connectivity index (χ1n) is 11.7. The van der Waals surface area contributed by atoms with Crippen LogP contribution in [0.5, 0.6) is 0 Å². The Morgan fingerprint density at radius 2 is 1.73 bits per heavy atom. The predicted octanol–water partition coefficient (Wildman–Crippen LogP) is 4.91. The van der Waals surface area contributed by atoms with Gasteiger partial charge >= 0.3 is 0 Å². The Kier molecular flexibility index (Phi) is 5.30. The first-order valence-corrected chi connectivity index (χ1v) is 12.5. The topological polar surface area (TPSA) is 84.7 Å². The van der Waals surface area contributed by atoms with Gasteiger partial charge in [0.05, 0.1) is 22.1 Å². The quantitative estimate of drug-likeness (QED) is 0.429. The van der Waals surface area contributed by atoms with Crippen molar-refractivity contribution in [3.05, 3.63) is 64.7 Å². The lowest BCUT2D eigenvalue weighted by Crippen LogP contribution is -2.40. The summed E-state index contributed by atoms with van der Waals surface area (Å²) in [5, 5.41) is 14.4. The minimum atomic E-state index is 0.0429. The molecule has 3 heterocycles. The van der Waals surface area contributed by atoms with Crippen LogP contribution in [-0.4, -0.2) is 37.7 Å². The molecule has 0 spiro atoms. The van der Waals surface area contributed by atoms with E-state index >= 15 is 0 Å². The van der Waals surface area contributed by atoms with Crippen molar-refractivity contribution in [3.8, 4) is 5.69 Å². The summed E-state index contributed by atoms with van der Waals surface area (Å²) in [6, 6.07) is 14.5. The summed E-state index contributed by atoms with van der Waals surface area (Å²) in [6.45, 7) is 0. The van der Waals surface area contributed by atoms with E-state index in [0.717, 1.165) is 71.8 Å². The van der Waals surface area contributed by atoms with Crippen molar-refractivity contribution in [2.45, 2.75) is 56.5 Å². The number of fused-ring (bicyclic) bond motifs is 1. The molecule has 2 saturated carbocycles. The van der Waals surface area contributed by atoms with Gasteiger partial charge in [-0.3, -0.25) is 4.79 Å². The molecule has 2 fully saturated rings. The van der Waals surface area contributed by atoms with Crippen LogP contribution in [0.2, 0.25) is 0 Å². The Bertz CT molecular complexity index is 1260. The van der Waals surface area contributed by atoms with Gasteiger partial charge in [-0.1, -0.05) is 24.3 Å². The normalized spacial score (nSPS) is 20.6. The molecule has 3 aromatic heterocycles. The largest absolute Gasteiger partial charge is 0.367 e. The van der Waals surface area contributed by atoms with E-state index < -0.39 is 0 Å². The molecule has 0 saturated heterocycles. The lowest BCUT2D eigenvalue weighted by Gasteiger charge is -2.30. The van der Waals surface area contributed by atoms with Crippen molar-refractivity contribution in [3.63, 3.8) is 0 Å². The highest BCUT2D eigenvalue weighted by Gasteiger charge is 2.30. The van der Waals surface area contributed by atoms with Crippen LogP contribution in [0.15, 0.2) is 54.0 Å². The van der Waals surface area contributed by atoms with Gasteiger partial charge in [0, 0.05) is 18.0 Å². The number of benzene rings is 1. The summed E-state index contributed by atoms with van der Waals surface area (Å²) in [5.41, 5.74) is 1.86. The number of amides is 1. The second kappa shape index (κ2) is 8.59. The van der Waals surface area contributed by atoms with Crippen LogP contribution in [-0.2, 0) is 0 Å². The van der Waals surface area contributed by atoms with Crippen LogP contribution < -0.4 is 10.6 Å². The third-order valence-corrected chi connectivity index (χ3v) is 7.41. The predicted molar refractivity (Wildman–Crippen MR) is 130 cm³/mol. The van der Waals surface area contributed by atoms with Crippen molar-refractivity contribution in [1.29, 1.82) is 0 Å². The Morgan fingerprint density at radius 1 is 0.939 bits per heavy atom. The fourth-order valence-corrected chi connectivity index (χ4v) is 5.18. The SMILES string of the molecule is O=C(NC1CCC(Nc2nc(C3CC3)nc3c2cnn3-c2ccccc2)CC1)c1cccs1. The van der Waals surface area contributed by atoms with Gasteiger partial charge in [0.2, 0.25) is 0 Å². The lowest BCUT2D eigenvalue weighted by atomic mass is 9.91. The third-order valence-electron chi connectivity index (χ3n) is 6.54. The highest BCUT2D eigenvalue weighted by atomic mass is 32.1. The highest BCUT2D eigenvalue weighted by Crippen LogP contribution is 2.40. The maximum absolute atomic E-state index is 12.4. The van der Waals surface area contributed by atoms with E-state index in [1.807, 2.05) is 58.7 Å². The number of aromatic nitrogens is 4. The number of nitrogens with zero attached hydrogens (tertiary/aromatic N) is 4. The average Bonchev–Trinajstić information content (AvgIpc) is 3.37. The number of carbonyl (C=O) groups excluding carboxylic acids is 1. The fourth-order valence-electron chi connectivity index (χ4n) is 4.56. The van der Waals surface area contributed by atoms with Crippen molar-refractivity contribution >= 4 is 34.1 Å². The number of hydrogen-bond donors (Lipinski definition) is 2. The van der Waals surface area contributed by atoms with E-state index in [1.165, 1.54) is 11.3 Å².